The molecule has 13 heavy (non-hydrogen) atoms. The molecular weight excluding hydrogens is 182 g/mol. The van der Waals surface area contributed by atoms with Crippen molar-refractivity contribution < 1.29 is 5.11 Å². The number of thiazole rings is 1. The lowest BCUT2D eigenvalue weighted by molar-refractivity contribution is 0.420. The van der Waals surface area contributed by atoms with Crippen LogP contribution in [0.2, 0.25) is 0 Å². The van der Waals surface area contributed by atoms with Crippen molar-refractivity contribution in [1.29, 1.82) is 0 Å². The summed E-state index contributed by atoms with van der Waals surface area (Å²) in [7, 11) is 0. The van der Waals surface area contributed by atoms with Crippen molar-refractivity contribution in [2.24, 2.45) is 0 Å². The maximum Gasteiger partial charge on any atom is 0.120 e. The van der Waals surface area contributed by atoms with Crippen LogP contribution < -0.4 is 0 Å². The Kier molecular flexibility index (Phi) is 2.02. The Balaban J connectivity index is 2.56. The monoisotopic (exact) mass is 191 g/mol. The molecular formula is C10H9NOS. The van der Waals surface area contributed by atoms with Gasteiger partial charge in [0.1, 0.15) is 5.01 Å². The van der Waals surface area contributed by atoms with Crippen LogP contribution in [0.4, 0.5) is 0 Å². The van der Waals surface area contributed by atoms with E-state index in [4.69, 9.17) is 5.11 Å². The summed E-state index contributed by atoms with van der Waals surface area (Å²) in [6.45, 7) is 1.64. The van der Waals surface area contributed by atoms with Gasteiger partial charge in [-0.25, -0.2) is 4.98 Å². The molecule has 66 valence electrons. The second kappa shape index (κ2) is 3.18. The zero-order chi connectivity index (χ0) is 9.26. The highest BCUT2D eigenvalue weighted by Gasteiger charge is 1.99. The first-order chi connectivity index (χ1) is 6.25. The van der Waals surface area contributed by atoms with Crippen molar-refractivity contribution in [2.45, 2.75) is 6.92 Å². The summed E-state index contributed by atoms with van der Waals surface area (Å²) < 4.78 is 1.15. The maximum atomic E-state index is 9.06. The number of fused-ring (bicyclic) bond motifs is 1. The van der Waals surface area contributed by atoms with Crippen molar-refractivity contribution >= 4 is 27.6 Å². The van der Waals surface area contributed by atoms with E-state index in [0.717, 1.165) is 15.2 Å². The fourth-order valence-corrected chi connectivity index (χ4v) is 2.09. The molecule has 3 heteroatoms. The van der Waals surface area contributed by atoms with Gasteiger partial charge in [0.25, 0.3) is 0 Å². The predicted octanol–water partition coefficient (Wildman–Crippen LogP) is 3.22. The lowest BCUT2D eigenvalue weighted by atomic mass is 10.3. The Morgan fingerprint density at radius 1 is 1.46 bits per heavy atom. The molecule has 0 radical (unpaired) electrons. The molecule has 2 rings (SSSR count). The molecule has 0 aliphatic rings. The molecule has 0 amide bonds. The van der Waals surface area contributed by atoms with Crippen LogP contribution in [-0.2, 0) is 0 Å². The van der Waals surface area contributed by atoms with E-state index in [1.165, 1.54) is 0 Å². The van der Waals surface area contributed by atoms with E-state index in [1.807, 2.05) is 24.3 Å². The van der Waals surface area contributed by atoms with Crippen LogP contribution in [0, 0.1) is 0 Å². The number of nitrogens with zero attached hydrogens (tertiary/aromatic N) is 1. The van der Waals surface area contributed by atoms with E-state index in [9.17, 15) is 0 Å². The highest BCUT2D eigenvalue weighted by molar-refractivity contribution is 7.19. The van der Waals surface area contributed by atoms with Crippen LogP contribution in [0.25, 0.3) is 16.3 Å². The standard InChI is InChI=1S/C10H9NOS/c1-7(12)6-10-11-8-4-2-3-5-9(8)13-10/h2-6,12H,1H3/b7-6-. The van der Waals surface area contributed by atoms with Crippen molar-refractivity contribution in [3.8, 4) is 0 Å². The molecule has 1 aromatic carbocycles. The molecule has 0 bridgehead atoms. The number of aliphatic hydroxyl groups excluding tert-OH is 1. The summed E-state index contributed by atoms with van der Waals surface area (Å²) >= 11 is 1.58. The van der Waals surface area contributed by atoms with Crippen LogP contribution in [-0.4, -0.2) is 10.1 Å². The number of hydrogen-bond donors (Lipinski definition) is 1. The highest BCUT2D eigenvalue weighted by atomic mass is 32.1. The second-order valence-electron chi connectivity index (χ2n) is 2.81. The molecule has 0 aliphatic carbocycles. The molecule has 1 heterocycles. The van der Waals surface area contributed by atoms with E-state index in [2.05, 4.69) is 4.98 Å². The van der Waals surface area contributed by atoms with Crippen LogP contribution in [0.3, 0.4) is 0 Å². The molecule has 0 atom stereocenters. The highest BCUT2D eigenvalue weighted by Crippen LogP contribution is 2.22. The third kappa shape index (κ3) is 1.70. The summed E-state index contributed by atoms with van der Waals surface area (Å²) in [5.74, 6) is 0.291. The van der Waals surface area contributed by atoms with Gasteiger partial charge in [0.2, 0.25) is 0 Å². The lowest BCUT2D eigenvalue weighted by Crippen LogP contribution is -1.71. The fraction of sp³-hybridized carbons (Fsp3) is 0.100. The number of benzene rings is 1. The molecule has 0 aliphatic heterocycles. The van der Waals surface area contributed by atoms with E-state index >= 15 is 0 Å². The van der Waals surface area contributed by atoms with Gasteiger partial charge in [0.15, 0.2) is 0 Å². The minimum atomic E-state index is 0.291. The molecule has 0 saturated carbocycles. The molecule has 2 aromatic rings. The Hall–Kier alpha value is -1.35. The Morgan fingerprint density at radius 3 is 2.92 bits per heavy atom. The Labute approximate surface area is 80.2 Å². The summed E-state index contributed by atoms with van der Waals surface area (Å²) in [4.78, 5) is 4.34. The smallest absolute Gasteiger partial charge is 0.120 e. The van der Waals surface area contributed by atoms with E-state index in [-0.39, 0.29) is 0 Å². The third-order valence-corrected chi connectivity index (χ3v) is 2.63. The topological polar surface area (TPSA) is 33.1 Å². The largest absolute Gasteiger partial charge is 0.513 e. The Morgan fingerprint density at radius 2 is 2.23 bits per heavy atom. The van der Waals surface area contributed by atoms with Crippen LogP contribution in [0.1, 0.15) is 11.9 Å². The summed E-state index contributed by atoms with van der Waals surface area (Å²) in [6.07, 6.45) is 1.67. The van der Waals surface area contributed by atoms with E-state index in [0.29, 0.717) is 5.76 Å². The van der Waals surface area contributed by atoms with Gasteiger partial charge in [-0.2, -0.15) is 0 Å². The van der Waals surface area contributed by atoms with Gasteiger partial charge in [-0.15, -0.1) is 11.3 Å². The zero-order valence-corrected chi connectivity index (χ0v) is 8.01. The van der Waals surface area contributed by atoms with Gasteiger partial charge in [0.05, 0.1) is 16.0 Å². The SMILES string of the molecule is C/C(O)=C/c1nc2ccccc2s1. The first-order valence-electron chi connectivity index (χ1n) is 3.98. The predicted molar refractivity (Wildman–Crippen MR) is 55.9 cm³/mol. The average molecular weight is 191 g/mol. The fourth-order valence-electron chi connectivity index (χ4n) is 1.13. The number of hydrogen-bond acceptors (Lipinski definition) is 3. The number of aromatic nitrogens is 1. The van der Waals surface area contributed by atoms with Gasteiger partial charge < -0.3 is 5.11 Å². The third-order valence-electron chi connectivity index (χ3n) is 1.64. The molecule has 2 nitrogen and oxygen atoms in total. The number of para-hydroxylation sites is 1. The van der Waals surface area contributed by atoms with E-state index < -0.39 is 0 Å². The number of aliphatic hydroxyl groups is 1. The molecule has 1 N–H and O–H groups in total. The first-order valence-corrected chi connectivity index (χ1v) is 4.80. The van der Waals surface area contributed by atoms with Crippen LogP contribution in [0.15, 0.2) is 30.0 Å². The summed E-state index contributed by atoms with van der Waals surface area (Å²) in [5.41, 5.74) is 0.986. The van der Waals surface area contributed by atoms with Crippen molar-refractivity contribution in [3.63, 3.8) is 0 Å². The Bertz CT molecular complexity index is 422. The van der Waals surface area contributed by atoms with Gasteiger partial charge in [0, 0.05) is 6.08 Å². The minimum Gasteiger partial charge on any atom is -0.513 e. The number of rotatable bonds is 1. The quantitative estimate of drug-likeness (QED) is 0.702. The molecule has 0 saturated heterocycles. The van der Waals surface area contributed by atoms with Crippen LogP contribution in [0.5, 0.6) is 0 Å². The van der Waals surface area contributed by atoms with Crippen molar-refractivity contribution in [2.75, 3.05) is 0 Å². The maximum absolute atomic E-state index is 9.06. The lowest BCUT2D eigenvalue weighted by Gasteiger charge is -1.83. The zero-order valence-electron chi connectivity index (χ0n) is 7.19. The molecule has 0 spiro atoms. The molecule has 1 aromatic heterocycles. The summed E-state index contributed by atoms with van der Waals surface area (Å²) in [5, 5.41) is 9.91. The molecule has 0 fully saturated rings. The van der Waals surface area contributed by atoms with Gasteiger partial charge in [-0.05, 0) is 19.1 Å². The first kappa shape index (κ1) is 8.26. The number of allylic oxidation sites excluding steroid dienone is 1. The van der Waals surface area contributed by atoms with E-state index in [1.54, 1.807) is 24.3 Å². The second-order valence-corrected chi connectivity index (χ2v) is 3.87. The van der Waals surface area contributed by atoms with Gasteiger partial charge in [-0.1, -0.05) is 12.1 Å². The van der Waals surface area contributed by atoms with Crippen LogP contribution >= 0.6 is 11.3 Å². The van der Waals surface area contributed by atoms with Crippen molar-refractivity contribution in [1.82, 2.24) is 4.98 Å². The minimum absolute atomic E-state index is 0.291. The van der Waals surface area contributed by atoms with Gasteiger partial charge in [-0.3, -0.25) is 0 Å². The average Bonchev–Trinajstić information content (AvgIpc) is 2.44. The normalized spacial score (nSPS) is 12.2. The van der Waals surface area contributed by atoms with Crippen molar-refractivity contribution in [3.05, 3.63) is 35.0 Å². The summed E-state index contributed by atoms with van der Waals surface area (Å²) in [6, 6.07) is 7.94. The molecule has 0 unspecified atom stereocenters. The van der Waals surface area contributed by atoms with Gasteiger partial charge >= 0.3 is 0 Å².